The number of H-pyrrole nitrogens is 2. The number of hydrogen-bond donors (Lipinski definition) is 2. The molecule has 0 bridgehead atoms. The molecule has 0 spiro atoms. The molecule has 0 saturated heterocycles. The third-order valence-electron chi connectivity index (χ3n) is 2.64. The number of nitrogens with zero attached hydrogens (tertiary/aromatic N) is 3. The van der Waals surface area contributed by atoms with Gasteiger partial charge in [0.15, 0.2) is 5.65 Å². The molecular formula is C9H4BrN5O4. The van der Waals surface area contributed by atoms with Crippen LogP contribution in [-0.2, 0) is 0 Å². The number of fused-ring (bicyclic) bond motifs is 3. The van der Waals surface area contributed by atoms with Crippen molar-refractivity contribution in [3.63, 3.8) is 0 Å². The van der Waals surface area contributed by atoms with E-state index < -0.39 is 16.3 Å². The number of benzene rings is 1. The van der Waals surface area contributed by atoms with Gasteiger partial charge in [-0.05, 0) is 22.0 Å². The van der Waals surface area contributed by atoms with Gasteiger partial charge in [0.25, 0.3) is 5.69 Å². The molecule has 96 valence electrons. The second kappa shape index (κ2) is 3.75. The zero-order valence-corrected chi connectivity index (χ0v) is 10.6. The van der Waals surface area contributed by atoms with Crippen molar-refractivity contribution in [2.75, 3.05) is 0 Å². The Morgan fingerprint density at radius 3 is 2.74 bits per heavy atom. The molecule has 3 aromatic rings. The van der Waals surface area contributed by atoms with E-state index in [9.17, 15) is 19.7 Å². The van der Waals surface area contributed by atoms with Crippen molar-refractivity contribution >= 4 is 38.2 Å². The Kier molecular flexibility index (Phi) is 2.29. The van der Waals surface area contributed by atoms with Crippen LogP contribution in [0.5, 0.6) is 0 Å². The Hall–Kier alpha value is -2.49. The van der Waals surface area contributed by atoms with E-state index in [0.29, 0.717) is 5.39 Å². The van der Waals surface area contributed by atoms with Gasteiger partial charge in [-0.25, -0.2) is 14.7 Å². The molecule has 0 atom stereocenters. The van der Waals surface area contributed by atoms with Crippen LogP contribution in [0.3, 0.4) is 0 Å². The highest BCUT2D eigenvalue weighted by Crippen LogP contribution is 2.29. The molecular weight excluding hydrogens is 322 g/mol. The number of aromatic nitrogens is 4. The second-order valence-electron chi connectivity index (χ2n) is 3.72. The van der Waals surface area contributed by atoms with Crippen molar-refractivity contribution in [2.45, 2.75) is 0 Å². The van der Waals surface area contributed by atoms with Gasteiger partial charge in [0.2, 0.25) is 0 Å². The summed E-state index contributed by atoms with van der Waals surface area (Å²) in [6.45, 7) is 0. The van der Waals surface area contributed by atoms with Crippen molar-refractivity contribution in [1.82, 2.24) is 19.6 Å². The van der Waals surface area contributed by atoms with E-state index in [1.54, 1.807) is 0 Å². The largest absolute Gasteiger partial charge is 0.351 e. The van der Waals surface area contributed by atoms with E-state index in [1.165, 1.54) is 12.1 Å². The van der Waals surface area contributed by atoms with Gasteiger partial charge in [0.05, 0.1) is 14.9 Å². The molecule has 0 unspecified atom stereocenters. The first kappa shape index (κ1) is 11.6. The lowest BCUT2D eigenvalue weighted by atomic mass is 10.2. The fourth-order valence-electron chi connectivity index (χ4n) is 1.83. The van der Waals surface area contributed by atoms with Crippen LogP contribution in [0.25, 0.3) is 16.6 Å². The summed E-state index contributed by atoms with van der Waals surface area (Å²) in [5, 5.41) is 17.1. The number of nitro groups is 1. The minimum absolute atomic E-state index is 0.111. The van der Waals surface area contributed by atoms with Crippen LogP contribution in [0.1, 0.15) is 0 Å². The normalized spacial score (nSPS) is 11.2. The molecule has 2 N–H and O–H groups in total. The average molecular weight is 326 g/mol. The Balaban J connectivity index is 2.58. The number of rotatable bonds is 1. The van der Waals surface area contributed by atoms with Gasteiger partial charge < -0.3 is 4.98 Å². The maximum Gasteiger partial charge on any atom is 0.351 e. The summed E-state index contributed by atoms with van der Waals surface area (Å²) >= 11 is 3.07. The van der Waals surface area contributed by atoms with Gasteiger partial charge in [-0.2, -0.15) is 9.50 Å². The van der Waals surface area contributed by atoms with Crippen LogP contribution >= 0.6 is 15.9 Å². The molecule has 10 heteroatoms. The molecule has 19 heavy (non-hydrogen) atoms. The quantitative estimate of drug-likeness (QED) is 0.498. The van der Waals surface area contributed by atoms with Gasteiger partial charge >= 0.3 is 11.4 Å². The van der Waals surface area contributed by atoms with E-state index in [4.69, 9.17) is 0 Å². The number of aromatic amines is 2. The molecule has 0 aliphatic carbocycles. The first-order valence-electron chi connectivity index (χ1n) is 4.96. The lowest BCUT2D eigenvalue weighted by Gasteiger charge is -2.01. The first-order valence-corrected chi connectivity index (χ1v) is 5.75. The third-order valence-corrected chi connectivity index (χ3v) is 3.28. The summed E-state index contributed by atoms with van der Waals surface area (Å²) in [5.41, 5.74) is -1.23. The summed E-state index contributed by atoms with van der Waals surface area (Å²) in [6, 6.07) is 2.64. The summed E-state index contributed by atoms with van der Waals surface area (Å²) in [7, 11) is 0. The van der Waals surface area contributed by atoms with Crippen LogP contribution in [-0.4, -0.2) is 24.5 Å². The summed E-state index contributed by atoms with van der Waals surface area (Å²) in [4.78, 5) is 35.8. The van der Waals surface area contributed by atoms with E-state index in [0.717, 1.165) is 4.40 Å². The molecule has 0 aliphatic rings. The summed E-state index contributed by atoms with van der Waals surface area (Å²) in [5.74, 6) is 0. The van der Waals surface area contributed by atoms with E-state index in [2.05, 4.69) is 31.1 Å². The Morgan fingerprint density at radius 1 is 1.32 bits per heavy atom. The van der Waals surface area contributed by atoms with Crippen LogP contribution in [0, 0.1) is 10.1 Å². The predicted octanol–water partition coefficient (Wildman–Crippen LogP) is 0.535. The van der Waals surface area contributed by atoms with Gasteiger partial charge in [0, 0.05) is 11.5 Å². The third kappa shape index (κ3) is 1.57. The fourth-order valence-corrected chi connectivity index (χ4v) is 2.32. The Bertz CT molecular complexity index is 953. The van der Waals surface area contributed by atoms with Crippen LogP contribution in [0.4, 0.5) is 5.69 Å². The predicted molar refractivity (Wildman–Crippen MR) is 68.3 cm³/mol. The van der Waals surface area contributed by atoms with Crippen LogP contribution < -0.4 is 11.4 Å². The second-order valence-corrected chi connectivity index (χ2v) is 4.58. The average Bonchev–Trinajstić information content (AvgIpc) is 2.72. The van der Waals surface area contributed by atoms with Crippen molar-refractivity contribution < 1.29 is 4.92 Å². The standard InChI is InChI=1S/C9H4BrN5O4/c10-4-1-3-5(2-6(4)15(18)19)11-8(16)14-7(3)12-13-9(14)17/h1-2H,(H,11,16)(H,13,17). The molecule has 0 saturated carbocycles. The van der Waals surface area contributed by atoms with Crippen molar-refractivity contribution in [2.24, 2.45) is 0 Å². The minimum atomic E-state index is -0.710. The molecule has 1 aromatic carbocycles. The lowest BCUT2D eigenvalue weighted by molar-refractivity contribution is -0.385. The monoisotopic (exact) mass is 325 g/mol. The van der Waals surface area contributed by atoms with Crippen LogP contribution in [0.2, 0.25) is 0 Å². The van der Waals surface area contributed by atoms with Crippen LogP contribution in [0.15, 0.2) is 26.2 Å². The van der Waals surface area contributed by atoms with Gasteiger partial charge in [0.1, 0.15) is 0 Å². The zero-order chi connectivity index (χ0) is 13.7. The molecule has 2 heterocycles. The Labute approximate surface area is 111 Å². The number of hydrogen-bond acceptors (Lipinski definition) is 5. The highest BCUT2D eigenvalue weighted by Gasteiger charge is 2.17. The number of nitro benzene ring substituents is 1. The highest BCUT2D eigenvalue weighted by atomic mass is 79.9. The molecule has 0 fully saturated rings. The molecule has 0 aliphatic heterocycles. The molecule has 0 radical (unpaired) electrons. The number of nitrogens with one attached hydrogen (secondary N) is 2. The highest BCUT2D eigenvalue weighted by molar-refractivity contribution is 9.10. The topological polar surface area (TPSA) is 126 Å². The van der Waals surface area contributed by atoms with Gasteiger partial charge in [-0.3, -0.25) is 10.1 Å². The zero-order valence-electron chi connectivity index (χ0n) is 9.01. The summed E-state index contributed by atoms with van der Waals surface area (Å²) < 4.78 is 1.05. The lowest BCUT2D eigenvalue weighted by Crippen LogP contribution is -2.26. The molecule has 2 aromatic heterocycles. The Morgan fingerprint density at radius 2 is 2.05 bits per heavy atom. The van der Waals surface area contributed by atoms with Crippen molar-refractivity contribution in [3.8, 4) is 0 Å². The van der Waals surface area contributed by atoms with Crippen molar-refractivity contribution in [3.05, 3.63) is 47.7 Å². The van der Waals surface area contributed by atoms with E-state index in [-0.39, 0.29) is 21.3 Å². The fraction of sp³-hybridized carbons (Fsp3) is 0. The summed E-state index contributed by atoms with van der Waals surface area (Å²) in [6.07, 6.45) is 0. The SMILES string of the molecule is O=c1[nH]nc2c3cc(Br)c([N+](=O)[O-])cc3[nH]c(=O)n12. The number of halogens is 1. The molecule has 9 nitrogen and oxygen atoms in total. The van der Waals surface area contributed by atoms with Crippen molar-refractivity contribution in [1.29, 1.82) is 0 Å². The smallest absolute Gasteiger partial charge is 0.306 e. The molecule has 3 rings (SSSR count). The first-order chi connectivity index (χ1) is 8.99. The maximum atomic E-state index is 11.7. The molecule has 0 amide bonds. The minimum Gasteiger partial charge on any atom is -0.306 e. The van der Waals surface area contributed by atoms with Gasteiger partial charge in [-0.1, -0.05) is 0 Å². The van der Waals surface area contributed by atoms with Gasteiger partial charge in [-0.15, -0.1) is 0 Å². The van der Waals surface area contributed by atoms with E-state index >= 15 is 0 Å². The maximum absolute atomic E-state index is 11.7. The van der Waals surface area contributed by atoms with E-state index in [1.807, 2.05) is 0 Å².